The molecule has 3 heteroatoms. The van der Waals surface area contributed by atoms with Crippen molar-refractivity contribution in [3.8, 4) is 0 Å². The standard InChI is InChI=1S/C14H23BO2/c1-13(2,3)10-7-11(14(4,5)6)9-12(8-10)15(16)17/h7-9,16-17H,1-6H3/i7D,8D,9D. The first-order valence-electron chi connectivity index (χ1n) is 7.31. The van der Waals surface area contributed by atoms with Crippen LogP contribution in [0.3, 0.4) is 0 Å². The predicted molar refractivity (Wildman–Crippen MR) is 73.7 cm³/mol. The second-order valence-corrected chi connectivity index (χ2v) is 6.41. The zero-order valence-electron chi connectivity index (χ0n) is 14.5. The lowest BCUT2D eigenvalue weighted by Gasteiger charge is -2.26. The van der Waals surface area contributed by atoms with Gasteiger partial charge in [0.1, 0.15) is 0 Å². The molecular weight excluding hydrogens is 211 g/mol. The maximum Gasteiger partial charge on any atom is 0.488 e. The van der Waals surface area contributed by atoms with Crippen molar-refractivity contribution in [1.82, 2.24) is 0 Å². The Morgan fingerprint density at radius 3 is 1.47 bits per heavy atom. The fourth-order valence-corrected chi connectivity index (χ4v) is 1.37. The van der Waals surface area contributed by atoms with Crippen LogP contribution < -0.4 is 5.46 Å². The minimum Gasteiger partial charge on any atom is -0.423 e. The largest absolute Gasteiger partial charge is 0.488 e. The normalized spacial score (nSPS) is 15.2. The van der Waals surface area contributed by atoms with Gasteiger partial charge in [-0.1, -0.05) is 59.7 Å². The summed E-state index contributed by atoms with van der Waals surface area (Å²) in [4.78, 5) is 0. The Labute approximate surface area is 109 Å². The minimum atomic E-state index is -1.88. The number of hydrogen-bond donors (Lipinski definition) is 2. The van der Waals surface area contributed by atoms with E-state index < -0.39 is 17.9 Å². The average Bonchev–Trinajstić information content (AvgIpc) is 2.09. The molecule has 0 amide bonds. The highest BCUT2D eigenvalue weighted by atomic mass is 16.4. The summed E-state index contributed by atoms with van der Waals surface area (Å²) in [5, 5.41) is 19.0. The Kier molecular flexibility index (Phi) is 2.67. The molecule has 0 aliphatic heterocycles. The molecule has 17 heavy (non-hydrogen) atoms. The Morgan fingerprint density at radius 1 is 0.882 bits per heavy atom. The lowest BCUT2D eigenvalue weighted by molar-refractivity contribution is 0.425. The predicted octanol–water partition coefficient (Wildman–Crippen LogP) is 1.96. The van der Waals surface area contributed by atoms with Crippen molar-refractivity contribution < 1.29 is 14.2 Å². The van der Waals surface area contributed by atoms with Crippen molar-refractivity contribution in [2.45, 2.75) is 52.4 Å². The highest BCUT2D eigenvalue weighted by Gasteiger charge is 2.23. The molecule has 1 aromatic rings. The van der Waals surface area contributed by atoms with Gasteiger partial charge in [0.25, 0.3) is 0 Å². The lowest BCUT2D eigenvalue weighted by atomic mass is 9.72. The van der Waals surface area contributed by atoms with Gasteiger partial charge in [0.05, 0.1) is 4.11 Å². The van der Waals surface area contributed by atoms with Crippen molar-refractivity contribution in [3.05, 3.63) is 29.3 Å². The van der Waals surface area contributed by atoms with E-state index in [2.05, 4.69) is 0 Å². The zero-order chi connectivity index (χ0) is 16.0. The van der Waals surface area contributed by atoms with E-state index >= 15 is 0 Å². The van der Waals surface area contributed by atoms with E-state index in [1.165, 1.54) is 0 Å². The minimum absolute atomic E-state index is 0.115. The van der Waals surface area contributed by atoms with E-state index in [1.54, 1.807) is 0 Å². The molecule has 0 aromatic heterocycles. The van der Waals surface area contributed by atoms with Crippen LogP contribution in [-0.4, -0.2) is 17.2 Å². The molecule has 0 heterocycles. The highest BCUT2D eigenvalue weighted by Crippen LogP contribution is 2.27. The topological polar surface area (TPSA) is 40.5 Å². The SMILES string of the molecule is [2H]c1c(B(O)O)c([2H])c(C(C)(C)C)c([2H])c1C(C)(C)C. The van der Waals surface area contributed by atoms with Gasteiger partial charge in [-0.3, -0.25) is 0 Å². The van der Waals surface area contributed by atoms with Gasteiger partial charge in [0.2, 0.25) is 0 Å². The summed E-state index contributed by atoms with van der Waals surface area (Å²) in [5.74, 6) is 0. The summed E-state index contributed by atoms with van der Waals surface area (Å²) < 4.78 is 24.7. The van der Waals surface area contributed by atoms with Gasteiger partial charge in [0.15, 0.2) is 0 Å². The fraction of sp³-hybridized carbons (Fsp3) is 0.571. The maximum atomic E-state index is 9.51. The molecule has 0 saturated carbocycles. The molecule has 2 nitrogen and oxygen atoms in total. The van der Waals surface area contributed by atoms with E-state index in [-0.39, 0.29) is 23.6 Å². The summed E-state index contributed by atoms with van der Waals surface area (Å²) in [5.41, 5.74) is -0.185. The molecule has 2 N–H and O–H groups in total. The molecule has 0 unspecified atom stereocenters. The molecule has 0 saturated heterocycles. The summed E-state index contributed by atoms with van der Waals surface area (Å²) in [7, 11) is -1.88. The molecule has 0 fully saturated rings. The molecule has 0 radical (unpaired) electrons. The molecule has 1 rings (SSSR count). The first-order valence-corrected chi connectivity index (χ1v) is 5.81. The Balaban J connectivity index is 3.95. The third-order valence-electron chi connectivity index (χ3n) is 2.53. The van der Waals surface area contributed by atoms with Crippen LogP contribution in [0.5, 0.6) is 0 Å². The van der Waals surface area contributed by atoms with Gasteiger partial charge in [0, 0.05) is 0 Å². The molecule has 0 bridgehead atoms. The van der Waals surface area contributed by atoms with E-state index in [9.17, 15) is 10.0 Å². The van der Waals surface area contributed by atoms with Gasteiger partial charge >= 0.3 is 7.12 Å². The van der Waals surface area contributed by atoms with Gasteiger partial charge < -0.3 is 10.0 Å². The Hall–Kier alpha value is -0.795. The quantitative estimate of drug-likeness (QED) is 0.733. The molecule has 94 valence electrons. The van der Waals surface area contributed by atoms with Crippen LogP contribution in [0.4, 0.5) is 0 Å². The van der Waals surface area contributed by atoms with E-state index in [0.29, 0.717) is 11.1 Å². The van der Waals surface area contributed by atoms with Crippen molar-refractivity contribution >= 4 is 12.6 Å². The van der Waals surface area contributed by atoms with Crippen LogP contribution in [0, 0.1) is 0 Å². The highest BCUT2D eigenvalue weighted by molar-refractivity contribution is 6.58. The summed E-state index contributed by atoms with van der Waals surface area (Å²) in [6.07, 6.45) is 0. The second kappa shape index (κ2) is 4.47. The molecule has 1 aromatic carbocycles. The first kappa shape index (κ1) is 10.2. The number of benzene rings is 1. The number of rotatable bonds is 1. The Morgan fingerprint density at radius 2 is 1.24 bits per heavy atom. The molecule has 0 aliphatic carbocycles. The van der Waals surface area contributed by atoms with Crippen LogP contribution in [0.1, 0.15) is 56.8 Å². The van der Waals surface area contributed by atoms with Crippen molar-refractivity contribution in [2.75, 3.05) is 0 Å². The number of hydrogen-bond acceptors (Lipinski definition) is 2. The molecule has 0 aliphatic rings. The average molecular weight is 237 g/mol. The van der Waals surface area contributed by atoms with Crippen LogP contribution in [0.25, 0.3) is 0 Å². The smallest absolute Gasteiger partial charge is 0.423 e. The molecule has 0 spiro atoms. The summed E-state index contributed by atoms with van der Waals surface area (Å²) in [6, 6.07) is -0.0737. The van der Waals surface area contributed by atoms with E-state index in [0.717, 1.165) is 0 Å². The zero-order valence-corrected chi connectivity index (χ0v) is 11.5. The van der Waals surface area contributed by atoms with E-state index in [4.69, 9.17) is 4.11 Å². The van der Waals surface area contributed by atoms with Gasteiger partial charge in [-0.2, -0.15) is 0 Å². The van der Waals surface area contributed by atoms with Gasteiger partial charge in [-0.05, 0) is 27.4 Å². The maximum absolute atomic E-state index is 9.51. The Bertz CT molecular complexity index is 488. The monoisotopic (exact) mass is 237 g/mol. The third kappa shape index (κ3) is 3.58. The van der Waals surface area contributed by atoms with Crippen molar-refractivity contribution in [3.63, 3.8) is 0 Å². The van der Waals surface area contributed by atoms with Gasteiger partial charge in [-0.25, -0.2) is 0 Å². The van der Waals surface area contributed by atoms with Crippen molar-refractivity contribution in [1.29, 1.82) is 0 Å². The van der Waals surface area contributed by atoms with Gasteiger partial charge in [-0.15, -0.1) is 0 Å². The second-order valence-electron chi connectivity index (χ2n) is 6.41. The van der Waals surface area contributed by atoms with Crippen LogP contribution >= 0.6 is 0 Å². The van der Waals surface area contributed by atoms with Crippen LogP contribution in [-0.2, 0) is 10.8 Å². The summed E-state index contributed by atoms with van der Waals surface area (Å²) in [6.45, 7) is 11.3. The first-order chi connectivity index (χ1) is 8.80. The van der Waals surface area contributed by atoms with E-state index in [1.807, 2.05) is 41.5 Å². The molecular formula is C14H23BO2. The fourth-order valence-electron chi connectivity index (χ4n) is 1.37. The van der Waals surface area contributed by atoms with Crippen LogP contribution in [0.2, 0.25) is 0 Å². The third-order valence-corrected chi connectivity index (χ3v) is 2.53. The van der Waals surface area contributed by atoms with Crippen molar-refractivity contribution in [2.24, 2.45) is 0 Å². The summed E-state index contributed by atoms with van der Waals surface area (Å²) >= 11 is 0. The molecule has 0 atom stereocenters. The van der Waals surface area contributed by atoms with Crippen LogP contribution in [0.15, 0.2) is 18.1 Å². The lowest BCUT2D eigenvalue weighted by Crippen LogP contribution is -2.33.